The van der Waals surface area contributed by atoms with Gasteiger partial charge in [0.15, 0.2) is 0 Å². The summed E-state index contributed by atoms with van der Waals surface area (Å²) < 4.78 is 11.3. The van der Waals surface area contributed by atoms with Crippen LogP contribution in [0.1, 0.15) is 11.3 Å². The van der Waals surface area contributed by atoms with Crippen molar-refractivity contribution in [3.8, 4) is 17.1 Å². The fourth-order valence-corrected chi connectivity index (χ4v) is 3.73. The van der Waals surface area contributed by atoms with Gasteiger partial charge in [-0.2, -0.15) is 0 Å². The number of hydrogen-bond acceptors (Lipinski definition) is 5. The van der Waals surface area contributed by atoms with Gasteiger partial charge >= 0.3 is 0 Å². The van der Waals surface area contributed by atoms with Crippen molar-refractivity contribution in [3.63, 3.8) is 0 Å². The zero-order valence-corrected chi connectivity index (χ0v) is 17.7. The van der Waals surface area contributed by atoms with E-state index in [0.717, 1.165) is 38.3 Å². The summed E-state index contributed by atoms with van der Waals surface area (Å²) in [5.74, 6) is 1.93. The van der Waals surface area contributed by atoms with Crippen molar-refractivity contribution >= 4 is 17.7 Å². The first-order valence-corrected chi connectivity index (χ1v) is 10.4. The summed E-state index contributed by atoms with van der Waals surface area (Å²) in [6.07, 6.45) is 3.28. The van der Waals surface area contributed by atoms with Crippen molar-refractivity contribution in [2.75, 3.05) is 39.0 Å². The van der Waals surface area contributed by atoms with Crippen LogP contribution in [0, 0.1) is 0 Å². The lowest BCUT2D eigenvalue weighted by Crippen LogP contribution is -2.47. The smallest absolute Gasteiger partial charge is 0.246 e. The van der Waals surface area contributed by atoms with Crippen LogP contribution in [0.5, 0.6) is 5.75 Å². The second kappa shape index (κ2) is 9.53. The van der Waals surface area contributed by atoms with Crippen molar-refractivity contribution in [3.05, 3.63) is 78.1 Å². The van der Waals surface area contributed by atoms with Crippen molar-refractivity contribution < 1.29 is 13.9 Å². The quantitative estimate of drug-likeness (QED) is 0.487. The summed E-state index contributed by atoms with van der Waals surface area (Å²) >= 11 is 0. The van der Waals surface area contributed by atoms with Crippen LogP contribution in [0.2, 0.25) is 0 Å². The Balaban J connectivity index is 1.34. The van der Waals surface area contributed by atoms with Crippen molar-refractivity contribution in [2.45, 2.75) is 6.54 Å². The fraction of sp³-hybridized carbons (Fsp3) is 0.240. The predicted octanol–water partition coefficient (Wildman–Crippen LogP) is 3.90. The number of nitrogens with two attached hydrogens (primary N) is 1. The molecule has 2 aromatic carbocycles. The Kier molecular flexibility index (Phi) is 6.38. The molecule has 0 spiro atoms. The Labute approximate surface area is 182 Å². The Hall–Kier alpha value is -3.51. The number of piperazine rings is 1. The molecule has 2 heterocycles. The number of hydrogen-bond donors (Lipinski definition) is 1. The van der Waals surface area contributed by atoms with E-state index >= 15 is 0 Å². The Morgan fingerprint density at radius 2 is 1.84 bits per heavy atom. The van der Waals surface area contributed by atoms with Crippen LogP contribution < -0.4 is 10.5 Å². The topological polar surface area (TPSA) is 71.9 Å². The highest BCUT2D eigenvalue weighted by atomic mass is 16.5. The second-order valence-electron chi connectivity index (χ2n) is 7.58. The highest BCUT2D eigenvalue weighted by Gasteiger charge is 2.19. The van der Waals surface area contributed by atoms with Crippen LogP contribution in [0.25, 0.3) is 17.4 Å². The van der Waals surface area contributed by atoms with E-state index < -0.39 is 0 Å². The number of ether oxygens (including phenoxy) is 1. The number of nitrogen functional groups attached to an aromatic ring is 1. The molecule has 0 bridgehead atoms. The summed E-state index contributed by atoms with van der Waals surface area (Å²) in [5, 5.41) is 0. The normalized spacial score (nSPS) is 14.8. The number of benzene rings is 2. The number of furan rings is 1. The van der Waals surface area contributed by atoms with E-state index in [1.807, 2.05) is 35.2 Å². The third-order valence-corrected chi connectivity index (χ3v) is 5.44. The molecule has 3 aromatic rings. The van der Waals surface area contributed by atoms with Crippen LogP contribution in [-0.2, 0) is 11.3 Å². The lowest BCUT2D eigenvalue weighted by molar-refractivity contribution is -0.127. The van der Waals surface area contributed by atoms with Gasteiger partial charge in [0.05, 0.1) is 12.7 Å². The van der Waals surface area contributed by atoms with E-state index in [9.17, 15) is 4.79 Å². The number of carbonyl (C=O) groups is 1. The molecule has 6 nitrogen and oxygen atoms in total. The van der Waals surface area contributed by atoms with E-state index in [-0.39, 0.29) is 5.91 Å². The average Bonchev–Trinajstić information content (AvgIpc) is 3.27. The fourth-order valence-electron chi connectivity index (χ4n) is 3.73. The lowest BCUT2D eigenvalue weighted by atomic mass is 10.1. The summed E-state index contributed by atoms with van der Waals surface area (Å²) in [6.45, 7) is 4.10. The van der Waals surface area contributed by atoms with Crippen LogP contribution in [0.15, 0.2) is 71.2 Å². The van der Waals surface area contributed by atoms with Gasteiger partial charge in [0, 0.05) is 44.5 Å². The molecule has 0 atom stereocenters. The molecular weight excluding hydrogens is 390 g/mol. The van der Waals surface area contributed by atoms with Gasteiger partial charge in [0.2, 0.25) is 5.91 Å². The Morgan fingerprint density at radius 3 is 2.58 bits per heavy atom. The Bertz CT molecular complexity index is 1050. The standard InChI is InChI=1S/C25H27N3O3/c1-30-23-10-7-20(26)17-22(23)24-11-8-21(31-24)9-12-25(29)28-15-13-27(14-16-28)18-19-5-3-2-4-6-19/h2-12,17H,13-16,18,26H2,1H3/b12-9+. The monoisotopic (exact) mass is 417 g/mol. The molecule has 1 saturated heterocycles. The first-order valence-electron chi connectivity index (χ1n) is 10.4. The van der Waals surface area contributed by atoms with E-state index in [1.54, 1.807) is 25.3 Å². The van der Waals surface area contributed by atoms with Crippen molar-refractivity contribution in [1.29, 1.82) is 0 Å². The van der Waals surface area contributed by atoms with Gasteiger partial charge in [0.1, 0.15) is 17.3 Å². The van der Waals surface area contributed by atoms with E-state index in [2.05, 4.69) is 29.2 Å². The number of nitrogens with zero attached hydrogens (tertiary/aromatic N) is 2. The molecule has 6 heteroatoms. The SMILES string of the molecule is COc1ccc(N)cc1-c1ccc(/C=C/C(=O)N2CCN(Cc3ccccc3)CC2)o1. The largest absolute Gasteiger partial charge is 0.496 e. The molecule has 31 heavy (non-hydrogen) atoms. The van der Waals surface area contributed by atoms with Crippen LogP contribution in [0.3, 0.4) is 0 Å². The molecule has 0 aliphatic carbocycles. The predicted molar refractivity (Wildman–Crippen MR) is 122 cm³/mol. The number of amides is 1. The number of carbonyl (C=O) groups excluding carboxylic acids is 1. The third-order valence-electron chi connectivity index (χ3n) is 5.44. The molecule has 1 amide bonds. The average molecular weight is 418 g/mol. The molecular formula is C25H27N3O3. The van der Waals surface area contributed by atoms with Crippen LogP contribution in [0.4, 0.5) is 5.69 Å². The van der Waals surface area contributed by atoms with Crippen LogP contribution >= 0.6 is 0 Å². The zero-order valence-electron chi connectivity index (χ0n) is 17.7. The summed E-state index contributed by atoms with van der Waals surface area (Å²) in [7, 11) is 1.61. The second-order valence-corrected chi connectivity index (χ2v) is 7.58. The minimum Gasteiger partial charge on any atom is -0.496 e. The maximum atomic E-state index is 12.6. The molecule has 0 unspecified atom stereocenters. The maximum absolute atomic E-state index is 12.6. The van der Waals surface area contributed by atoms with Gasteiger partial charge < -0.3 is 19.8 Å². The third kappa shape index (κ3) is 5.16. The molecule has 1 aromatic heterocycles. The summed E-state index contributed by atoms with van der Waals surface area (Å²) in [6, 6.07) is 19.5. The van der Waals surface area contributed by atoms with Gasteiger partial charge in [-0.05, 0) is 42.0 Å². The van der Waals surface area contributed by atoms with Gasteiger partial charge in [-0.25, -0.2) is 0 Å². The number of anilines is 1. The highest BCUT2D eigenvalue weighted by Crippen LogP contribution is 2.33. The van der Waals surface area contributed by atoms with Gasteiger partial charge in [0.25, 0.3) is 0 Å². The molecule has 0 saturated carbocycles. The number of methoxy groups -OCH3 is 1. The molecule has 2 N–H and O–H groups in total. The van der Waals surface area contributed by atoms with Crippen molar-refractivity contribution in [2.24, 2.45) is 0 Å². The summed E-state index contributed by atoms with van der Waals surface area (Å²) in [4.78, 5) is 16.9. The minimum absolute atomic E-state index is 0.00107. The first-order chi connectivity index (χ1) is 15.1. The number of rotatable bonds is 6. The van der Waals surface area contributed by atoms with E-state index in [4.69, 9.17) is 14.9 Å². The minimum atomic E-state index is -0.00107. The van der Waals surface area contributed by atoms with Gasteiger partial charge in [-0.1, -0.05) is 30.3 Å². The Morgan fingerprint density at radius 1 is 1.06 bits per heavy atom. The van der Waals surface area contributed by atoms with Crippen molar-refractivity contribution in [1.82, 2.24) is 9.80 Å². The van der Waals surface area contributed by atoms with Crippen LogP contribution in [-0.4, -0.2) is 49.0 Å². The van der Waals surface area contributed by atoms with E-state index in [0.29, 0.717) is 23.0 Å². The molecule has 160 valence electrons. The lowest BCUT2D eigenvalue weighted by Gasteiger charge is -2.34. The maximum Gasteiger partial charge on any atom is 0.246 e. The zero-order chi connectivity index (χ0) is 21.6. The highest BCUT2D eigenvalue weighted by molar-refractivity contribution is 5.91. The van der Waals surface area contributed by atoms with Gasteiger partial charge in [-0.15, -0.1) is 0 Å². The van der Waals surface area contributed by atoms with Gasteiger partial charge in [-0.3, -0.25) is 9.69 Å². The van der Waals surface area contributed by atoms with E-state index in [1.165, 1.54) is 5.56 Å². The first kappa shape index (κ1) is 20.8. The molecule has 4 rings (SSSR count). The summed E-state index contributed by atoms with van der Waals surface area (Å²) in [5.41, 5.74) is 8.61. The molecule has 1 aliphatic heterocycles. The molecule has 0 radical (unpaired) electrons. The molecule has 1 fully saturated rings. The molecule has 1 aliphatic rings.